The van der Waals surface area contributed by atoms with Gasteiger partial charge in [-0.05, 0) is 13.8 Å². The molecule has 0 unspecified atom stereocenters. The third-order valence-electron chi connectivity index (χ3n) is 1.51. The first-order valence-corrected chi connectivity index (χ1v) is 5.28. The number of alkyl halides is 1. The van der Waals surface area contributed by atoms with Gasteiger partial charge in [-0.25, -0.2) is 5.90 Å². The first-order valence-electron chi connectivity index (χ1n) is 4.49. The lowest BCUT2D eigenvalue weighted by Crippen LogP contribution is -2.52. The van der Waals surface area contributed by atoms with Crippen molar-refractivity contribution < 1.29 is 20.3 Å². The molecule has 0 heterocycles. The number of nitrogens with one attached hydrogen (secondary N) is 2. The van der Waals surface area contributed by atoms with E-state index in [1.54, 1.807) is 13.8 Å². The highest BCUT2D eigenvalue weighted by Crippen LogP contribution is 2.14. The van der Waals surface area contributed by atoms with E-state index in [9.17, 15) is 9.59 Å². The van der Waals surface area contributed by atoms with Crippen LogP contribution in [0, 0.1) is 0 Å². The maximum atomic E-state index is 11.3. The quantitative estimate of drug-likeness (QED) is 0.317. The fourth-order valence-electron chi connectivity index (χ4n) is 0.732. The molecule has 88 valence electrons. The van der Waals surface area contributed by atoms with Crippen molar-refractivity contribution in [1.29, 1.82) is 0 Å². The van der Waals surface area contributed by atoms with Crippen LogP contribution in [-0.4, -0.2) is 35.8 Å². The molecule has 2 amide bonds. The summed E-state index contributed by atoms with van der Waals surface area (Å²) in [5.41, 5.74) is 0. The number of rotatable bonds is 6. The molecule has 0 radical (unpaired) electrons. The van der Waals surface area contributed by atoms with E-state index < -0.39 is 4.32 Å². The summed E-state index contributed by atoms with van der Waals surface area (Å²) in [4.78, 5) is 26.6. The third-order valence-corrected chi connectivity index (χ3v) is 1.87. The molecule has 6 nitrogen and oxygen atoms in total. The van der Waals surface area contributed by atoms with E-state index in [-0.39, 0.29) is 18.4 Å². The normalized spacial score (nSPS) is 10.9. The Morgan fingerprint density at radius 2 is 1.87 bits per heavy atom. The van der Waals surface area contributed by atoms with Gasteiger partial charge in [-0.15, -0.1) is 0 Å². The third kappa shape index (κ3) is 7.29. The molecule has 5 N–H and O–H groups in total. The van der Waals surface area contributed by atoms with Crippen molar-refractivity contribution in [2.24, 2.45) is 0 Å². The van der Waals surface area contributed by atoms with Crippen LogP contribution in [0.15, 0.2) is 0 Å². The second kappa shape index (κ2) is 6.76. The topological polar surface area (TPSA) is 95.1 Å². The summed E-state index contributed by atoms with van der Waals surface area (Å²) < 4.78 is -0.590. The van der Waals surface area contributed by atoms with Gasteiger partial charge in [0.05, 0.1) is 4.32 Å². The van der Waals surface area contributed by atoms with Crippen molar-refractivity contribution in [2.45, 2.75) is 18.2 Å². The van der Waals surface area contributed by atoms with Gasteiger partial charge >= 0.3 is 0 Å². The van der Waals surface area contributed by atoms with Crippen LogP contribution in [0.4, 0.5) is 0 Å². The van der Waals surface area contributed by atoms with Crippen LogP contribution in [0.3, 0.4) is 0 Å². The van der Waals surface area contributed by atoms with Gasteiger partial charge in [0.1, 0.15) is 0 Å². The number of quaternary nitrogens is 1. The fourth-order valence-corrected chi connectivity index (χ4v) is 0.872. The largest absolute Gasteiger partial charge is 0.353 e. The number of hydrogen-bond donors (Lipinski definition) is 3. The monoisotopic (exact) mass is 282 g/mol. The Kier molecular flexibility index (Phi) is 6.46. The van der Waals surface area contributed by atoms with Gasteiger partial charge in [-0.1, -0.05) is 15.9 Å². The van der Waals surface area contributed by atoms with Crippen molar-refractivity contribution >= 4 is 27.7 Å². The van der Waals surface area contributed by atoms with Crippen LogP contribution >= 0.6 is 15.9 Å². The minimum absolute atomic E-state index is 0.0715. The molecule has 0 aliphatic carbocycles. The molecule has 0 bridgehead atoms. The van der Waals surface area contributed by atoms with Gasteiger partial charge < -0.3 is 10.6 Å². The van der Waals surface area contributed by atoms with Gasteiger partial charge in [0, 0.05) is 13.1 Å². The van der Waals surface area contributed by atoms with E-state index >= 15 is 0 Å². The van der Waals surface area contributed by atoms with Crippen LogP contribution in [0.5, 0.6) is 0 Å². The minimum Gasteiger partial charge on any atom is -0.353 e. The van der Waals surface area contributed by atoms with Crippen LogP contribution in [0.2, 0.25) is 0 Å². The summed E-state index contributed by atoms with van der Waals surface area (Å²) in [5, 5.41) is 5.22. The molecule has 7 heteroatoms. The Morgan fingerprint density at radius 3 is 2.33 bits per heavy atom. The predicted octanol–water partition coefficient (Wildman–Crippen LogP) is -1.43. The molecule has 0 aromatic heterocycles. The number of carbonyl (C=O) groups is 2. The number of amides is 2. The molecule has 0 saturated carbocycles. The molecule has 0 spiro atoms. The molecule has 0 rings (SSSR count). The number of carbonyl (C=O) groups excluding carboxylic acids is 2. The summed E-state index contributed by atoms with van der Waals surface area (Å²) in [6.07, 6.45) is 0. The van der Waals surface area contributed by atoms with E-state index in [2.05, 4.69) is 37.3 Å². The van der Waals surface area contributed by atoms with E-state index in [1.165, 1.54) is 0 Å². The van der Waals surface area contributed by atoms with E-state index in [0.717, 1.165) is 0 Å². The second-order valence-corrected chi connectivity index (χ2v) is 5.41. The Morgan fingerprint density at radius 1 is 1.33 bits per heavy atom. The SMILES string of the molecule is CC(C)(Br)C(=O)NCCNC(=O)CO[NH3+]. The standard InChI is InChI=1S/C8H16BrN3O3/c1-8(2,9)7(14)12-4-3-11-6(13)5-15-10/h3-5H2,1-2,10H3,(H-,11,12,13,14)/p+1. The summed E-state index contributed by atoms with van der Waals surface area (Å²) >= 11 is 3.22. The van der Waals surface area contributed by atoms with Gasteiger partial charge in [0.25, 0.3) is 5.91 Å². The highest BCUT2D eigenvalue weighted by atomic mass is 79.9. The average molecular weight is 283 g/mol. The molecule has 0 aromatic rings. The lowest BCUT2D eigenvalue weighted by atomic mass is 10.2. The molecular weight excluding hydrogens is 266 g/mol. The molecular formula is C8H17BrN3O3+. The Hall–Kier alpha value is -0.660. The van der Waals surface area contributed by atoms with E-state index in [4.69, 9.17) is 0 Å². The van der Waals surface area contributed by atoms with Crippen molar-refractivity contribution in [1.82, 2.24) is 10.6 Å². The molecule has 0 atom stereocenters. The minimum atomic E-state index is -0.590. The molecule has 15 heavy (non-hydrogen) atoms. The lowest BCUT2D eigenvalue weighted by molar-refractivity contribution is -0.685. The molecule has 0 aliphatic heterocycles. The van der Waals surface area contributed by atoms with E-state index in [0.29, 0.717) is 13.1 Å². The lowest BCUT2D eigenvalue weighted by Gasteiger charge is -2.15. The van der Waals surface area contributed by atoms with Gasteiger partial charge in [0.15, 0.2) is 6.61 Å². The van der Waals surface area contributed by atoms with Crippen molar-refractivity contribution in [3.05, 3.63) is 0 Å². The number of halogens is 1. The molecule has 0 aromatic carbocycles. The van der Waals surface area contributed by atoms with Crippen molar-refractivity contribution in [3.63, 3.8) is 0 Å². The Labute approximate surface area is 97.0 Å². The first-order chi connectivity index (χ1) is 6.88. The smallest absolute Gasteiger partial charge is 0.252 e. The van der Waals surface area contributed by atoms with Gasteiger partial charge in [-0.2, -0.15) is 4.84 Å². The average Bonchev–Trinajstić information content (AvgIpc) is 2.11. The number of hydrogen-bond acceptors (Lipinski definition) is 3. The van der Waals surface area contributed by atoms with Crippen molar-refractivity contribution in [3.8, 4) is 0 Å². The Bertz CT molecular complexity index is 228. The molecule has 0 fully saturated rings. The predicted molar refractivity (Wildman–Crippen MR) is 57.9 cm³/mol. The maximum Gasteiger partial charge on any atom is 0.252 e. The zero-order chi connectivity index (χ0) is 11.9. The summed E-state index contributed by atoms with van der Waals surface area (Å²) in [6, 6.07) is 0. The van der Waals surface area contributed by atoms with Gasteiger partial charge in [0.2, 0.25) is 5.91 Å². The zero-order valence-electron chi connectivity index (χ0n) is 8.93. The maximum absolute atomic E-state index is 11.3. The Balaban J connectivity index is 3.55. The molecule has 0 saturated heterocycles. The van der Waals surface area contributed by atoms with Gasteiger partial charge in [-0.3, -0.25) is 9.59 Å². The first kappa shape index (κ1) is 14.3. The summed E-state index contributed by atoms with van der Waals surface area (Å²) in [6.45, 7) is 4.18. The van der Waals surface area contributed by atoms with Crippen LogP contribution in [0.1, 0.15) is 13.8 Å². The summed E-state index contributed by atoms with van der Waals surface area (Å²) in [7, 11) is 0. The van der Waals surface area contributed by atoms with Crippen molar-refractivity contribution in [2.75, 3.05) is 19.7 Å². The fraction of sp³-hybridized carbons (Fsp3) is 0.750. The highest BCUT2D eigenvalue weighted by molar-refractivity contribution is 9.10. The van der Waals surface area contributed by atoms with Crippen LogP contribution in [-0.2, 0) is 14.4 Å². The zero-order valence-corrected chi connectivity index (χ0v) is 10.5. The summed E-state index contributed by atoms with van der Waals surface area (Å²) in [5.74, 6) is 2.70. The van der Waals surface area contributed by atoms with Crippen LogP contribution < -0.4 is 16.5 Å². The highest BCUT2D eigenvalue weighted by Gasteiger charge is 2.22. The second-order valence-electron chi connectivity index (χ2n) is 3.43. The van der Waals surface area contributed by atoms with Crippen LogP contribution in [0.25, 0.3) is 0 Å². The molecule has 0 aliphatic rings. The van der Waals surface area contributed by atoms with E-state index in [1.807, 2.05) is 0 Å².